The van der Waals surface area contributed by atoms with Gasteiger partial charge in [-0.05, 0) is 57.9 Å². The lowest BCUT2D eigenvalue weighted by molar-refractivity contribution is -0.113. The van der Waals surface area contributed by atoms with Gasteiger partial charge in [-0.15, -0.1) is 0 Å². The van der Waals surface area contributed by atoms with E-state index in [1.165, 1.54) is 25.3 Å². The Morgan fingerprint density at radius 1 is 1.25 bits per heavy atom. The Balaban J connectivity index is 1.82. The molecule has 1 unspecified atom stereocenters. The van der Waals surface area contributed by atoms with Crippen molar-refractivity contribution in [3.05, 3.63) is 81.1 Å². The van der Waals surface area contributed by atoms with Crippen molar-refractivity contribution in [2.24, 2.45) is 0 Å². The SMILES string of the molecule is COc1ccc(Br)c(S(=O)(=O)CC(=O)C2=CC(c3cc(F)cc(Cl)c3)C=C2)c1. The third-order valence-corrected chi connectivity index (χ3v) is 7.05. The molecule has 0 radical (unpaired) electrons. The summed E-state index contributed by atoms with van der Waals surface area (Å²) in [6.45, 7) is 0. The fourth-order valence-electron chi connectivity index (χ4n) is 2.86. The van der Waals surface area contributed by atoms with Gasteiger partial charge in [0.1, 0.15) is 17.3 Å². The van der Waals surface area contributed by atoms with Gasteiger partial charge in [0.25, 0.3) is 0 Å². The average molecular weight is 486 g/mol. The highest BCUT2D eigenvalue weighted by Gasteiger charge is 2.26. The minimum absolute atomic E-state index is 0.0174. The summed E-state index contributed by atoms with van der Waals surface area (Å²) in [4.78, 5) is 12.5. The number of ketones is 1. The molecule has 0 bridgehead atoms. The number of benzene rings is 2. The Bertz CT molecular complexity index is 1090. The highest BCUT2D eigenvalue weighted by molar-refractivity contribution is 9.10. The molecule has 146 valence electrons. The molecule has 0 saturated heterocycles. The summed E-state index contributed by atoms with van der Waals surface area (Å²) in [5, 5.41) is 0.252. The highest BCUT2D eigenvalue weighted by atomic mass is 79.9. The minimum atomic E-state index is -3.89. The molecule has 1 atom stereocenters. The maximum absolute atomic E-state index is 13.6. The Morgan fingerprint density at radius 3 is 2.68 bits per heavy atom. The number of hydrogen-bond acceptors (Lipinski definition) is 4. The third-order valence-electron chi connectivity index (χ3n) is 4.23. The van der Waals surface area contributed by atoms with E-state index in [0.29, 0.717) is 15.8 Å². The lowest BCUT2D eigenvalue weighted by Gasteiger charge is -2.09. The summed E-state index contributed by atoms with van der Waals surface area (Å²) in [6.07, 6.45) is 4.85. The molecule has 0 aromatic heterocycles. The number of methoxy groups -OCH3 is 1. The fourth-order valence-corrected chi connectivity index (χ4v) is 5.40. The van der Waals surface area contributed by atoms with E-state index in [-0.39, 0.29) is 21.4 Å². The van der Waals surface area contributed by atoms with Gasteiger partial charge in [0.2, 0.25) is 0 Å². The molecule has 0 fully saturated rings. The van der Waals surface area contributed by atoms with E-state index in [9.17, 15) is 17.6 Å². The zero-order valence-corrected chi connectivity index (χ0v) is 17.8. The molecule has 0 spiro atoms. The van der Waals surface area contributed by atoms with Crippen molar-refractivity contribution in [1.82, 2.24) is 0 Å². The number of allylic oxidation sites excluding steroid dienone is 4. The van der Waals surface area contributed by atoms with Gasteiger partial charge < -0.3 is 4.74 Å². The molecular weight excluding hydrogens is 471 g/mol. The Hall–Kier alpha value is -1.96. The van der Waals surface area contributed by atoms with E-state index in [2.05, 4.69) is 15.9 Å². The van der Waals surface area contributed by atoms with Crippen molar-refractivity contribution >= 4 is 43.2 Å². The number of ether oxygens (including phenoxy) is 1. The average Bonchev–Trinajstić information content (AvgIpc) is 3.11. The molecule has 28 heavy (non-hydrogen) atoms. The van der Waals surface area contributed by atoms with Gasteiger partial charge in [0.15, 0.2) is 15.6 Å². The van der Waals surface area contributed by atoms with Crippen molar-refractivity contribution in [3.8, 4) is 5.75 Å². The molecule has 0 aliphatic heterocycles. The number of sulfone groups is 1. The molecule has 2 aromatic rings. The number of rotatable bonds is 6. The fraction of sp³-hybridized carbons (Fsp3) is 0.150. The molecule has 4 nitrogen and oxygen atoms in total. The Kier molecular flexibility index (Phi) is 6.07. The second kappa shape index (κ2) is 8.19. The summed E-state index contributed by atoms with van der Waals surface area (Å²) in [5.41, 5.74) is 0.843. The van der Waals surface area contributed by atoms with E-state index in [1.807, 2.05) is 0 Å². The third kappa shape index (κ3) is 4.54. The number of Topliss-reactive ketones (excluding diaryl/α,β-unsaturated/α-hetero) is 1. The van der Waals surface area contributed by atoms with E-state index in [4.69, 9.17) is 16.3 Å². The predicted molar refractivity (Wildman–Crippen MR) is 109 cm³/mol. The zero-order chi connectivity index (χ0) is 20.5. The van der Waals surface area contributed by atoms with Crippen LogP contribution in [-0.2, 0) is 14.6 Å². The van der Waals surface area contributed by atoms with Gasteiger partial charge in [0, 0.05) is 21.0 Å². The second-order valence-corrected chi connectivity index (χ2v) is 9.44. The van der Waals surface area contributed by atoms with Crippen LogP contribution in [0.2, 0.25) is 5.02 Å². The van der Waals surface area contributed by atoms with Crippen LogP contribution in [0.4, 0.5) is 4.39 Å². The first kappa shape index (κ1) is 20.8. The van der Waals surface area contributed by atoms with Gasteiger partial charge in [0.05, 0.1) is 12.0 Å². The summed E-state index contributed by atoms with van der Waals surface area (Å²) in [7, 11) is -2.46. The predicted octanol–water partition coefficient (Wildman–Crippen LogP) is 4.87. The van der Waals surface area contributed by atoms with Gasteiger partial charge in [-0.2, -0.15) is 0 Å². The first-order chi connectivity index (χ1) is 13.2. The molecule has 0 saturated carbocycles. The highest BCUT2D eigenvalue weighted by Crippen LogP contribution is 2.31. The van der Waals surface area contributed by atoms with Crippen LogP contribution in [-0.4, -0.2) is 27.1 Å². The first-order valence-electron chi connectivity index (χ1n) is 8.15. The number of halogens is 3. The summed E-state index contributed by atoms with van der Waals surface area (Å²) >= 11 is 9.08. The monoisotopic (exact) mass is 484 g/mol. The standard InChI is InChI=1S/C20H15BrClFO4S/c1-27-17-4-5-18(21)20(10-17)28(25,26)11-19(24)13-3-2-12(6-13)14-7-15(22)9-16(23)8-14/h2-10,12H,11H2,1H3. The van der Waals surface area contributed by atoms with Crippen LogP contribution in [0.15, 0.2) is 69.6 Å². The van der Waals surface area contributed by atoms with Crippen LogP contribution >= 0.6 is 27.5 Å². The second-order valence-electron chi connectivity index (χ2n) is 6.19. The molecule has 3 rings (SSSR count). The van der Waals surface area contributed by atoms with Crippen LogP contribution in [0, 0.1) is 5.82 Å². The molecule has 0 N–H and O–H groups in total. The zero-order valence-electron chi connectivity index (χ0n) is 14.7. The van der Waals surface area contributed by atoms with Gasteiger partial charge in [-0.1, -0.05) is 29.8 Å². The number of carbonyl (C=O) groups is 1. The lowest BCUT2D eigenvalue weighted by Crippen LogP contribution is -2.17. The van der Waals surface area contributed by atoms with Crippen LogP contribution in [0.5, 0.6) is 5.75 Å². The number of carbonyl (C=O) groups excluding carboxylic acids is 1. The van der Waals surface area contributed by atoms with Crippen molar-refractivity contribution in [2.45, 2.75) is 10.8 Å². The molecule has 8 heteroatoms. The van der Waals surface area contributed by atoms with E-state index in [1.54, 1.807) is 36.4 Å². The van der Waals surface area contributed by atoms with E-state index >= 15 is 0 Å². The summed E-state index contributed by atoms with van der Waals surface area (Å²) in [5.74, 6) is -1.69. The van der Waals surface area contributed by atoms with E-state index in [0.717, 1.165) is 0 Å². The molecule has 1 aliphatic rings. The van der Waals surface area contributed by atoms with Gasteiger partial charge in [-0.3, -0.25) is 4.79 Å². The van der Waals surface area contributed by atoms with Crippen LogP contribution in [0.1, 0.15) is 11.5 Å². The van der Waals surface area contributed by atoms with Crippen molar-refractivity contribution in [1.29, 1.82) is 0 Å². The van der Waals surface area contributed by atoms with Crippen LogP contribution in [0.25, 0.3) is 0 Å². The number of hydrogen-bond donors (Lipinski definition) is 0. The quantitative estimate of drug-likeness (QED) is 0.585. The molecule has 2 aromatic carbocycles. The lowest BCUT2D eigenvalue weighted by atomic mass is 10.0. The molecule has 0 amide bonds. The molecular formula is C20H15BrClFO4S. The topological polar surface area (TPSA) is 60.4 Å². The normalized spacial score (nSPS) is 16.1. The first-order valence-corrected chi connectivity index (χ1v) is 11.0. The smallest absolute Gasteiger partial charge is 0.187 e. The van der Waals surface area contributed by atoms with Gasteiger partial charge in [-0.25, -0.2) is 12.8 Å². The van der Waals surface area contributed by atoms with Crippen LogP contribution in [0.3, 0.4) is 0 Å². The molecule has 0 heterocycles. The summed E-state index contributed by atoms with van der Waals surface area (Å²) in [6, 6.07) is 8.65. The van der Waals surface area contributed by atoms with Crippen molar-refractivity contribution < 1.29 is 22.3 Å². The maximum Gasteiger partial charge on any atom is 0.187 e. The van der Waals surface area contributed by atoms with E-state index < -0.39 is 27.2 Å². The Morgan fingerprint density at radius 2 is 2.00 bits per heavy atom. The van der Waals surface area contributed by atoms with Crippen LogP contribution < -0.4 is 4.74 Å². The maximum atomic E-state index is 13.6. The van der Waals surface area contributed by atoms with Crippen molar-refractivity contribution in [3.63, 3.8) is 0 Å². The Labute approximate surface area is 175 Å². The molecule has 1 aliphatic carbocycles. The largest absolute Gasteiger partial charge is 0.497 e. The minimum Gasteiger partial charge on any atom is -0.497 e. The van der Waals surface area contributed by atoms with Crippen molar-refractivity contribution in [2.75, 3.05) is 12.9 Å². The summed E-state index contributed by atoms with van der Waals surface area (Å²) < 4.78 is 44.4. The van der Waals surface area contributed by atoms with Gasteiger partial charge >= 0.3 is 0 Å².